The highest BCUT2D eigenvalue weighted by Crippen LogP contribution is 2.01. The van der Waals surface area contributed by atoms with Gasteiger partial charge < -0.3 is 11.1 Å². The van der Waals surface area contributed by atoms with E-state index in [-0.39, 0.29) is 0 Å². The number of hydrogen-bond donors (Lipinski definition) is 2. The third kappa shape index (κ3) is 6.60. The van der Waals surface area contributed by atoms with Gasteiger partial charge in [0.15, 0.2) is 0 Å². The van der Waals surface area contributed by atoms with E-state index in [1.165, 1.54) is 6.42 Å². The van der Waals surface area contributed by atoms with Gasteiger partial charge in [-0.3, -0.25) is 0 Å². The third-order valence-corrected chi connectivity index (χ3v) is 2.02. The molecule has 0 aromatic rings. The number of nitrogens with one attached hydrogen (secondary N) is 1. The van der Waals surface area contributed by atoms with Crippen molar-refractivity contribution in [2.75, 3.05) is 19.0 Å². The number of halogens is 1. The van der Waals surface area contributed by atoms with E-state index in [4.69, 9.17) is 17.3 Å². The fraction of sp³-hybridized carbons (Fsp3) is 1.00. The molecule has 68 valence electrons. The molecule has 3 heteroatoms. The van der Waals surface area contributed by atoms with Crippen LogP contribution in [-0.4, -0.2) is 25.0 Å². The molecule has 0 heterocycles. The third-order valence-electron chi connectivity index (χ3n) is 1.76. The lowest BCUT2D eigenvalue weighted by atomic mass is 10.1. The lowest BCUT2D eigenvalue weighted by Gasteiger charge is -2.15. The Hall–Kier alpha value is 0.210. The molecule has 0 saturated carbocycles. The van der Waals surface area contributed by atoms with Crippen LogP contribution in [0.2, 0.25) is 0 Å². The van der Waals surface area contributed by atoms with Crippen LogP contribution in [0.5, 0.6) is 0 Å². The van der Waals surface area contributed by atoms with E-state index in [9.17, 15) is 0 Å². The Morgan fingerprint density at radius 2 is 2.27 bits per heavy atom. The highest BCUT2D eigenvalue weighted by Gasteiger charge is 2.02. The molecule has 0 rings (SSSR count). The van der Waals surface area contributed by atoms with Gasteiger partial charge in [0.05, 0.1) is 0 Å². The molecule has 11 heavy (non-hydrogen) atoms. The Labute approximate surface area is 74.5 Å². The first-order valence-corrected chi connectivity index (χ1v) is 4.88. The molecule has 2 nitrogen and oxygen atoms in total. The second kappa shape index (κ2) is 8.31. The topological polar surface area (TPSA) is 38.0 Å². The van der Waals surface area contributed by atoms with E-state index < -0.39 is 0 Å². The summed E-state index contributed by atoms with van der Waals surface area (Å²) >= 11 is 5.58. The van der Waals surface area contributed by atoms with Crippen molar-refractivity contribution in [2.24, 2.45) is 5.73 Å². The highest BCUT2D eigenvalue weighted by molar-refractivity contribution is 6.17. The van der Waals surface area contributed by atoms with Crippen molar-refractivity contribution in [2.45, 2.75) is 32.2 Å². The van der Waals surface area contributed by atoms with Crippen LogP contribution >= 0.6 is 11.6 Å². The fourth-order valence-electron chi connectivity index (χ4n) is 1.06. The summed E-state index contributed by atoms with van der Waals surface area (Å²) in [6.07, 6.45) is 3.43. The van der Waals surface area contributed by atoms with Crippen molar-refractivity contribution in [3.63, 3.8) is 0 Å². The van der Waals surface area contributed by atoms with Gasteiger partial charge in [0.2, 0.25) is 0 Å². The predicted molar refractivity (Wildman–Crippen MR) is 51.1 cm³/mol. The van der Waals surface area contributed by atoms with Gasteiger partial charge in [-0.2, -0.15) is 0 Å². The van der Waals surface area contributed by atoms with Crippen molar-refractivity contribution >= 4 is 11.6 Å². The Morgan fingerprint density at radius 3 is 2.73 bits per heavy atom. The first kappa shape index (κ1) is 11.2. The number of nitrogens with two attached hydrogens (primary N) is 1. The summed E-state index contributed by atoms with van der Waals surface area (Å²) in [5.41, 5.74) is 5.37. The maximum atomic E-state index is 5.58. The van der Waals surface area contributed by atoms with Crippen molar-refractivity contribution in [3.05, 3.63) is 0 Å². The zero-order chi connectivity index (χ0) is 8.53. The average molecular weight is 179 g/mol. The largest absolute Gasteiger partial charge is 0.329 e. The number of hydrogen-bond acceptors (Lipinski definition) is 2. The average Bonchev–Trinajstić information content (AvgIpc) is 2.05. The summed E-state index contributed by atoms with van der Waals surface area (Å²) in [5.74, 6) is 0.765. The molecule has 0 aromatic heterocycles. The lowest BCUT2D eigenvalue weighted by Crippen LogP contribution is -2.32. The van der Waals surface area contributed by atoms with Crippen molar-refractivity contribution in [1.82, 2.24) is 5.32 Å². The first-order valence-electron chi connectivity index (χ1n) is 4.34. The Bertz CT molecular complexity index is 70.5. The second-order valence-corrected chi connectivity index (χ2v) is 3.06. The van der Waals surface area contributed by atoms with Crippen LogP contribution in [0, 0.1) is 0 Å². The van der Waals surface area contributed by atoms with Gasteiger partial charge in [-0.05, 0) is 19.3 Å². The van der Waals surface area contributed by atoms with Crippen molar-refractivity contribution < 1.29 is 0 Å². The molecule has 0 radical (unpaired) electrons. The Balaban J connectivity index is 3.25. The molecule has 0 fully saturated rings. The molecule has 0 bridgehead atoms. The molecule has 0 aliphatic carbocycles. The minimum Gasteiger partial charge on any atom is -0.329 e. The van der Waals surface area contributed by atoms with Gasteiger partial charge in [-0.1, -0.05) is 6.92 Å². The van der Waals surface area contributed by atoms with E-state index in [2.05, 4.69) is 12.2 Å². The van der Waals surface area contributed by atoms with Gasteiger partial charge in [-0.15, -0.1) is 11.6 Å². The van der Waals surface area contributed by atoms with Crippen molar-refractivity contribution in [1.29, 1.82) is 0 Å². The zero-order valence-corrected chi connectivity index (χ0v) is 8.03. The van der Waals surface area contributed by atoms with Crippen LogP contribution < -0.4 is 11.1 Å². The first-order chi connectivity index (χ1) is 5.35. The van der Waals surface area contributed by atoms with E-state index in [1.807, 2.05) is 0 Å². The van der Waals surface area contributed by atoms with Crippen LogP contribution in [0.1, 0.15) is 26.2 Å². The van der Waals surface area contributed by atoms with E-state index in [0.29, 0.717) is 6.04 Å². The van der Waals surface area contributed by atoms with Crippen LogP contribution in [0.15, 0.2) is 0 Å². The van der Waals surface area contributed by atoms with E-state index in [1.54, 1.807) is 0 Å². The van der Waals surface area contributed by atoms with Crippen molar-refractivity contribution in [3.8, 4) is 0 Å². The Kier molecular flexibility index (Phi) is 8.47. The molecule has 1 atom stereocenters. The maximum absolute atomic E-state index is 5.58. The molecule has 0 amide bonds. The summed E-state index contributed by atoms with van der Waals surface area (Å²) in [6, 6.07) is 0.609. The molecule has 0 aliphatic heterocycles. The SMILES string of the molecule is CCC(CCCCl)NCCN. The normalized spacial score (nSPS) is 13.4. The fourth-order valence-corrected chi connectivity index (χ4v) is 1.22. The standard InChI is InChI=1S/C8H19ClN2/c1-2-8(4-3-5-9)11-7-6-10/h8,11H,2-7,10H2,1H3. The summed E-state index contributed by atoms with van der Waals surface area (Å²) in [4.78, 5) is 0. The van der Waals surface area contributed by atoms with E-state index >= 15 is 0 Å². The summed E-state index contributed by atoms with van der Waals surface area (Å²) in [5, 5.41) is 3.37. The lowest BCUT2D eigenvalue weighted by molar-refractivity contribution is 0.470. The van der Waals surface area contributed by atoms with Crippen LogP contribution in [0.25, 0.3) is 0 Å². The molecular formula is C8H19ClN2. The molecule has 3 N–H and O–H groups in total. The van der Waals surface area contributed by atoms with Gasteiger partial charge >= 0.3 is 0 Å². The summed E-state index contributed by atoms with van der Waals surface area (Å²) in [7, 11) is 0. The smallest absolute Gasteiger partial charge is 0.0224 e. The Morgan fingerprint density at radius 1 is 1.55 bits per heavy atom. The quantitative estimate of drug-likeness (QED) is 0.578. The predicted octanol–water partition coefficient (Wildman–Crippen LogP) is 1.33. The minimum atomic E-state index is 0.609. The van der Waals surface area contributed by atoms with Gasteiger partial charge in [0, 0.05) is 25.0 Å². The second-order valence-electron chi connectivity index (χ2n) is 2.68. The van der Waals surface area contributed by atoms with Gasteiger partial charge in [-0.25, -0.2) is 0 Å². The van der Waals surface area contributed by atoms with Crippen LogP contribution in [0.3, 0.4) is 0 Å². The van der Waals surface area contributed by atoms with Gasteiger partial charge in [0.25, 0.3) is 0 Å². The van der Waals surface area contributed by atoms with E-state index in [0.717, 1.165) is 31.8 Å². The van der Waals surface area contributed by atoms with Gasteiger partial charge in [0.1, 0.15) is 0 Å². The van der Waals surface area contributed by atoms with Crippen LogP contribution in [0.4, 0.5) is 0 Å². The molecular weight excluding hydrogens is 160 g/mol. The summed E-state index contributed by atoms with van der Waals surface area (Å²) < 4.78 is 0. The molecule has 0 aromatic carbocycles. The molecule has 0 saturated heterocycles. The molecule has 0 spiro atoms. The summed E-state index contributed by atoms with van der Waals surface area (Å²) in [6.45, 7) is 3.82. The number of rotatable bonds is 7. The minimum absolute atomic E-state index is 0.609. The molecule has 0 aliphatic rings. The van der Waals surface area contributed by atoms with Crippen LogP contribution in [-0.2, 0) is 0 Å². The maximum Gasteiger partial charge on any atom is 0.0224 e. The highest BCUT2D eigenvalue weighted by atomic mass is 35.5. The number of alkyl halides is 1. The monoisotopic (exact) mass is 178 g/mol. The molecule has 1 unspecified atom stereocenters. The zero-order valence-electron chi connectivity index (χ0n) is 7.28.